The molecule has 0 aromatic heterocycles. The molecule has 0 atom stereocenters. The van der Waals surface area contributed by atoms with Crippen LogP contribution in [0.4, 0.5) is 11.4 Å². The van der Waals surface area contributed by atoms with Gasteiger partial charge in [-0.25, -0.2) is 4.90 Å². The third-order valence-corrected chi connectivity index (χ3v) is 4.28. The lowest BCUT2D eigenvalue weighted by molar-refractivity contribution is -0.116. The highest BCUT2D eigenvalue weighted by Crippen LogP contribution is 2.33. The molecule has 0 radical (unpaired) electrons. The molecule has 3 aromatic rings. The van der Waals surface area contributed by atoms with Crippen LogP contribution in [0.1, 0.15) is 22.3 Å². The summed E-state index contributed by atoms with van der Waals surface area (Å²) in [5, 5.41) is 0. The van der Waals surface area contributed by atoms with Crippen LogP contribution in [-0.2, 0) is 4.79 Å². The summed E-state index contributed by atoms with van der Waals surface area (Å²) in [6.07, 6.45) is 0.0667. The van der Waals surface area contributed by atoms with E-state index in [4.69, 9.17) is 0 Å². The van der Waals surface area contributed by atoms with Gasteiger partial charge in [-0.2, -0.15) is 0 Å². The highest BCUT2D eigenvalue weighted by atomic mass is 16.2. The lowest BCUT2D eigenvalue weighted by Gasteiger charge is -2.20. The maximum atomic E-state index is 13.0. The monoisotopic (exact) mass is 340 g/mol. The molecule has 4 rings (SSSR count). The number of anilines is 1. The van der Waals surface area contributed by atoms with Gasteiger partial charge in [-0.1, -0.05) is 60.7 Å². The first-order chi connectivity index (χ1) is 12.7. The van der Waals surface area contributed by atoms with E-state index in [1.54, 1.807) is 36.4 Å². The van der Waals surface area contributed by atoms with E-state index in [1.165, 1.54) is 4.90 Å². The summed E-state index contributed by atoms with van der Waals surface area (Å²) < 4.78 is 0. The average molecular weight is 340 g/mol. The maximum Gasteiger partial charge on any atom is 0.265 e. The van der Waals surface area contributed by atoms with Crippen LogP contribution in [0.5, 0.6) is 0 Å². The van der Waals surface area contributed by atoms with Gasteiger partial charge in [0.2, 0.25) is 5.91 Å². The first-order valence-electron chi connectivity index (χ1n) is 8.38. The molecule has 26 heavy (non-hydrogen) atoms. The van der Waals surface area contributed by atoms with Crippen molar-refractivity contribution in [2.24, 2.45) is 4.99 Å². The molecule has 0 spiro atoms. The normalized spacial score (nSPS) is 13.6. The summed E-state index contributed by atoms with van der Waals surface area (Å²) in [5.41, 5.74) is 3.13. The van der Waals surface area contributed by atoms with E-state index in [9.17, 15) is 9.59 Å². The molecule has 0 unspecified atom stereocenters. The van der Waals surface area contributed by atoms with E-state index >= 15 is 0 Å². The minimum absolute atomic E-state index is 0.0667. The Hall–Kier alpha value is -3.53. The van der Waals surface area contributed by atoms with Crippen molar-refractivity contribution in [3.05, 3.63) is 96.1 Å². The van der Waals surface area contributed by atoms with Gasteiger partial charge in [-0.3, -0.25) is 14.6 Å². The molecule has 1 aliphatic rings. The number of para-hydroxylation sites is 2. The third-order valence-electron chi connectivity index (χ3n) is 4.28. The summed E-state index contributed by atoms with van der Waals surface area (Å²) in [6.45, 7) is 0. The van der Waals surface area contributed by atoms with E-state index in [-0.39, 0.29) is 18.2 Å². The second-order valence-corrected chi connectivity index (χ2v) is 5.99. The Morgan fingerprint density at radius 2 is 1.42 bits per heavy atom. The summed E-state index contributed by atoms with van der Waals surface area (Å²) >= 11 is 0. The Morgan fingerprint density at radius 1 is 0.808 bits per heavy atom. The molecule has 4 nitrogen and oxygen atoms in total. The van der Waals surface area contributed by atoms with Gasteiger partial charge < -0.3 is 0 Å². The largest absolute Gasteiger partial charge is 0.274 e. The fourth-order valence-electron chi connectivity index (χ4n) is 3.02. The van der Waals surface area contributed by atoms with Crippen molar-refractivity contribution >= 4 is 28.9 Å². The Bertz CT molecular complexity index is 995. The zero-order valence-corrected chi connectivity index (χ0v) is 14.0. The number of fused-ring (bicyclic) bond motifs is 1. The lowest BCUT2D eigenvalue weighted by Crippen LogP contribution is -2.37. The molecule has 1 aliphatic heterocycles. The van der Waals surface area contributed by atoms with Crippen LogP contribution >= 0.6 is 0 Å². The quantitative estimate of drug-likeness (QED) is 0.650. The number of rotatable bonds is 2. The van der Waals surface area contributed by atoms with Gasteiger partial charge in [0.15, 0.2) is 0 Å². The Labute approximate surface area is 151 Å². The molecule has 4 heteroatoms. The van der Waals surface area contributed by atoms with Crippen molar-refractivity contribution < 1.29 is 9.59 Å². The van der Waals surface area contributed by atoms with Crippen LogP contribution < -0.4 is 4.90 Å². The minimum Gasteiger partial charge on any atom is -0.274 e. The second-order valence-electron chi connectivity index (χ2n) is 5.99. The summed E-state index contributed by atoms with van der Waals surface area (Å²) in [6, 6.07) is 25.6. The number of nitrogens with zero attached hydrogens (tertiary/aromatic N) is 2. The standard InChI is InChI=1S/C22H16N2O2/c25-21-15-19(16-9-3-1-4-10-16)23-18-13-7-8-14-20(18)24(21)22(26)17-11-5-2-6-12-17/h1-14H,15H2. The van der Waals surface area contributed by atoms with Gasteiger partial charge in [0.25, 0.3) is 5.91 Å². The van der Waals surface area contributed by atoms with Crippen LogP contribution in [0.3, 0.4) is 0 Å². The lowest BCUT2D eigenvalue weighted by atomic mass is 10.1. The molecule has 0 N–H and O–H groups in total. The van der Waals surface area contributed by atoms with Crippen LogP contribution in [0.25, 0.3) is 0 Å². The van der Waals surface area contributed by atoms with Crippen molar-refractivity contribution in [3.8, 4) is 0 Å². The Balaban J connectivity index is 1.81. The van der Waals surface area contributed by atoms with E-state index in [0.29, 0.717) is 22.6 Å². The number of benzene rings is 3. The number of aliphatic imine (C=N–C) groups is 1. The van der Waals surface area contributed by atoms with Crippen molar-refractivity contribution in [1.82, 2.24) is 0 Å². The molecule has 0 fully saturated rings. The molecule has 1 heterocycles. The summed E-state index contributed by atoms with van der Waals surface area (Å²) in [7, 11) is 0. The van der Waals surface area contributed by atoms with E-state index in [2.05, 4.69) is 4.99 Å². The van der Waals surface area contributed by atoms with Crippen LogP contribution in [0.2, 0.25) is 0 Å². The van der Waals surface area contributed by atoms with E-state index in [1.807, 2.05) is 48.5 Å². The van der Waals surface area contributed by atoms with Gasteiger partial charge in [0, 0.05) is 5.56 Å². The van der Waals surface area contributed by atoms with Crippen molar-refractivity contribution in [3.63, 3.8) is 0 Å². The minimum atomic E-state index is -0.340. The highest BCUT2D eigenvalue weighted by Gasteiger charge is 2.30. The van der Waals surface area contributed by atoms with Gasteiger partial charge >= 0.3 is 0 Å². The van der Waals surface area contributed by atoms with Crippen molar-refractivity contribution in [1.29, 1.82) is 0 Å². The second kappa shape index (κ2) is 6.76. The van der Waals surface area contributed by atoms with E-state index < -0.39 is 0 Å². The number of hydrogen-bond acceptors (Lipinski definition) is 3. The SMILES string of the molecule is O=C1CC(c2ccccc2)=Nc2ccccc2N1C(=O)c1ccccc1. The van der Waals surface area contributed by atoms with Gasteiger partial charge in [-0.15, -0.1) is 0 Å². The van der Waals surface area contributed by atoms with Crippen molar-refractivity contribution in [2.75, 3.05) is 4.90 Å². The molecular weight excluding hydrogens is 324 g/mol. The molecule has 0 bridgehead atoms. The predicted octanol–water partition coefficient (Wildman–Crippen LogP) is 4.38. The molecule has 2 amide bonds. The van der Waals surface area contributed by atoms with E-state index in [0.717, 1.165) is 5.56 Å². The number of carbonyl (C=O) groups excluding carboxylic acids is 2. The fraction of sp³-hybridized carbons (Fsp3) is 0.0455. The third kappa shape index (κ3) is 2.93. The van der Waals surface area contributed by atoms with Gasteiger partial charge in [0.1, 0.15) is 0 Å². The predicted molar refractivity (Wildman–Crippen MR) is 102 cm³/mol. The fourth-order valence-corrected chi connectivity index (χ4v) is 3.02. The topological polar surface area (TPSA) is 49.7 Å². The number of imide groups is 1. The number of carbonyl (C=O) groups is 2. The van der Waals surface area contributed by atoms with Gasteiger partial charge in [-0.05, 0) is 29.8 Å². The average Bonchev–Trinajstić information content (AvgIpc) is 2.84. The maximum absolute atomic E-state index is 13.0. The smallest absolute Gasteiger partial charge is 0.265 e. The van der Waals surface area contributed by atoms with Crippen molar-refractivity contribution in [2.45, 2.75) is 6.42 Å². The molecule has 126 valence electrons. The van der Waals surface area contributed by atoms with Crippen LogP contribution in [0.15, 0.2) is 89.9 Å². The molecule has 3 aromatic carbocycles. The van der Waals surface area contributed by atoms with Gasteiger partial charge in [0.05, 0.1) is 23.5 Å². The first kappa shape index (κ1) is 16.0. The molecule has 0 saturated carbocycles. The molecular formula is C22H16N2O2. The summed E-state index contributed by atoms with van der Waals surface area (Å²) in [5.74, 6) is -0.626. The number of amides is 2. The number of hydrogen-bond donors (Lipinski definition) is 0. The van der Waals surface area contributed by atoms with Crippen LogP contribution in [0, 0.1) is 0 Å². The summed E-state index contributed by atoms with van der Waals surface area (Å²) in [4.78, 5) is 32.0. The molecule has 0 aliphatic carbocycles. The zero-order chi connectivity index (χ0) is 17.9. The zero-order valence-electron chi connectivity index (χ0n) is 14.0. The Morgan fingerprint density at radius 3 is 2.15 bits per heavy atom. The van der Waals surface area contributed by atoms with Crippen LogP contribution in [-0.4, -0.2) is 17.5 Å². The Kier molecular flexibility index (Phi) is 4.15. The first-order valence-corrected chi connectivity index (χ1v) is 8.38. The highest BCUT2D eigenvalue weighted by molar-refractivity contribution is 6.28. The molecule has 0 saturated heterocycles.